The fourth-order valence-electron chi connectivity index (χ4n) is 5.68. The van der Waals surface area contributed by atoms with E-state index in [2.05, 4.69) is 17.0 Å². The van der Waals surface area contributed by atoms with Crippen molar-refractivity contribution in [1.82, 2.24) is 14.1 Å². The molecule has 0 saturated carbocycles. The molecule has 0 aromatic heterocycles. The van der Waals surface area contributed by atoms with Gasteiger partial charge in [-0.1, -0.05) is 78.9 Å². The zero-order valence-electron chi connectivity index (χ0n) is 22.4. The van der Waals surface area contributed by atoms with Crippen LogP contribution in [-0.2, 0) is 14.8 Å². The first kappa shape index (κ1) is 27.4. The van der Waals surface area contributed by atoms with Crippen LogP contribution in [0, 0.1) is 0 Å². The monoisotopic (exact) mass is 547 g/mol. The van der Waals surface area contributed by atoms with E-state index in [1.54, 1.807) is 31.3 Å². The third kappa shape index (κ3) is 6.52. The smallest absolute Gasteiger partial charge is 0.410 e. The van der Waals surface area contributed by atoms with Crippen molar-refractivity contribution in [2.45, 2.75) is 42.2 Å². The molecular weight excluding hydrogens is 510 g/mol. The number of rotatable bonds is 10. The standard InChI is InChI=1S/C31H37N3O4S/c1-32(39(36,37)29-15-9-4-10-16-29)23-27(25-11-5-2-6-12-25)17-20-33-21-18-28(19-22-33)34-24-30(38-31(34)35)26-13-7-3-8-14-26/h2-16,27-28,30H,17-24H2,1H3/t27-,30-/m1/s1. The third-order valence-electron chi connectivity index (χ3n) is 8.00. The second-order valence-electron chi connectivity index (χ2n) is 10.5. The molecule has 2 heterocycles. The summed E-state index contributed by atoms with van der Waals surface area (Å²) in [5, 5.41) is 0. The van der Waals surface area contributed by atoms with E-state index in [4.69, 9.17) is 4.74 Å². The predicted molar refractivity (Wildman–Crippen MR) is 152 cm³/mol. The molecule has 206 valence electrons. The molecule has 2 fully saturated rings. The lowest BCUT2D eigenvalue weighted by molar-refractivity contribution is 0.111. The van der Waals surface area contributed by atoms with Gasteiger partial charge in [0.15, 0.2) is 0 Å². The van der Waals surface area contributed by atoms with Crippen molar-refractivity contribution in [1.29, 1.82) is 0 Å². The molecule has 0 spiro atoms. The Morgan fingerprint density at radius 3 is 2.13 bits per heavy atom. The molecule has 2 aliphatic rings. The Labute approximate surface area is 232 Å². The SMILES string of the molecule is CN(C[C@@H](CCN1CCC(N2C[C@H](c3ccccc3)OC2=O)CC1)c1ccccc1)S(=O)(=O)c1ccccc1. The Balaban J connectivity index is 1.17. The fraction of sp³-hybridized carbons (Fsp3) is 0.387. The van der Waals surface area contributed by atoms with Crippen LogP contribution in [0.4, 0.5) is 4.79 Å². The predicted octanol–water partition coefficient (Wildman–Crippen LogP) is 5.14. The number of hydrogen-bond donors (Lipinski definition) is 0. The van der Waals surface area contributed by atoms with Crippen LogP contribution in [0.3, 0.4) is 0 Å². The van der Waals surface area contributed by atoms with Crippen molar-refractivity contribution >= 4 is 16.1 Å². The first-order valence-electron chi connectivity index (χ1n) is 13.7. The van der Waals surface area contributed by atoms with E-state index in [0.29, 0.717) is 18.0 Å². The summed E-state index contributed by atoms with van der Waals surface area (Å²) in [6.45, 7) is 3.71. The van der Waals surface area contributed by atoms with Gasteiger partial charge in [0, 0.05) is 32.7 Å². The summed E-state index contributed by atoms with van der Waals surface area (Å²) >= 11 is 0. The summed E-state index contributed by atoms with van der Waals surface area (Å²) in [6, 6.07) is 28.9. The highest BCUT2D eigenvalue weighted by molar-refractivity contribution is 7.89. The molecule has 8 heteroatoms. The van der Waals surface area contributed by atoms with Crippen molar-refractivity contribution in [3.05, 3.63) is 102 Å². The molecule has 0 N–H and O–H groups in total. The van der Waals surface area contributed by atoms with Crippen molar-refractivity contribution in [2.75, 3.05) is 39.8 Å². The first-order chi connectivity index (χ1) is 18.9. The van der Waals surface area contributed by atoms with Gasteiger partial charge in [-0.2, -0.15) is 0 Å². The van der Waals surface area contributed by atoms with Crippen LogP contribution < -0.4 is 0 Å². The maximum absolute atomic E-state index is 13.2. The minimum atomic E-state index is -3.56. The highest BCUT2D eigenvalue weighted by atomic mass is 32.2. The van der Waals surface area contributed by atoms with Crippen molar-refractivity contribution in [2.24, 2.45) is 0 Å². The quantitative estimate of drug-likeness (QED) is 0.352. The Hall–Kier alpha value is -3.20. The number of carbonyl (C=O) groups excluding carboxylic acids is 1. The molecule has 2 atom stereocenters. The second kappa shape index (κ2) is 12.3. The van der Waals surface area contributed by atoms with E-state index < -0.39 is 10.0 Å². The van der Waals surface area contributed by atoms with Crippen molar-refractivity contribution < 1.29 is 17.9 Å². The van der Waals surface area contributed by atoms with Gasteiger partial charge in [-0.15, -0.1) is 0 Å². The van der Waals surface area contributed by atoms with E-state index in [9.17, 15) is 13.2 Å². The number of nitrogens with zero attached hydrogens (tertiary/aromatic N) is 3. The van der Waals surface area contributed by atoms with Crippen molar-refractivity contribution in [3.8, 4) is 0 Å². The molecule has 39 heavy (non-hydrogen) atoms. The number of sulfonamides is 1. The van der Waals surface area contributed by atoms with Gasteiger partial charge >= 0.3 is 6.09 Å². The third-order valence-corrected chi connectivity index (χ3v) is 9.84. The zero-order valence-corrected chi connectivity index (χ0v) is 23.2. The van der Waals surface area contributed by atoms with E-state index in [-0.39, 0.29) is 24.2 Å². The summed E-state index contributed by atoms with van der Waals surface area (Å²) in [4.78, 5) is 17.3. The molecule has 0 radical (unpaired) electrons. The fourth-order valence-corrected chi connectivity index (χ4v) is 6.92. The van der Waals surface area contributed by atoms with Gasteiger partial charge in [0.25, 0.3) is 0 Å². The molecule has 0 unspecified atom stereocenters. The summed E-state index contributed by atoms with van der Waals surface area (Å²) in [6.07, 6.45) is 2.26. The minimum absolute atomic E-state index is 0.0765. The van der Waals surface area contributed by atoms with E-state index in [1.165, 1.54) is 4.31 Å². The topological polar surface area (TPSA) is 70.2 Å². The van der Waals surface area contributed by atoms with Crippen LogP contribution in [0.1, 0.15) is 42.4 Å². The van der Waals surface area contributed by atoms with Crippen LogP contribution in [0.25, 0.3) is 0 Å². The van der Waals surface area contributed by atoms with Crippen LogP contribution in [-0.4, -0.2) is 74.4 Å². The minimum Gasteiger partial charge on any atom is -0.439 e. The number of cyclic esters (lactones) is 1. The van der Waals surface area contributed by atoms with Crippen LogP contribution in [0.15, 0.2) is 95.9 Å². The van der Waals surface area contributed by atoms with E-state index in [0.717, 1.165) is 50.0 Å². The number of amides is 1. The molecule has 0 bridgehead atoms. The highest BCUT2D eigenvalue weighted by Gasteiger charge is 2.38. The Morgan fingerprint density at radius 1 is 0.897 bits per heavy atom. The number of carbonyl (C=O) groups is 1. The van der Waals surface area contributed by atoms with Gasteiger partial charge < -0.3 is 14.5 Å². The number of piperidine rings is 1. The van der Waals surface area contributed by atoms with Crippen LogP contribution in [0.2, 0.25) is 0 Å². The summed E-state index contributed by atoms with van der Waals surface area (Å²) < 4.78 is 33.5. The van der Waals surface area contributed by atoms with Gasteiger partial charge in [-0.3, -0.25) is 0 Å². The lowest BCUT2D eigenvalue weighted by atomic mass is 9.94. The van der Waals surface area contributed by atoms with Crippen LogP contribution in [0.5, 0.6) is 0 Å². The number of likely N-dealkylation sites (N-methyl/N-ethyl adjacent to an activating group) is 1. The summed E-state index contributed by atoms with van der Waals surface area (Å²) in [7, 11) is -1.89. The van der Waals surface area contributed by atoms with Gasteiger partial charge in [-0.05, 0) is 55.0 Å². The zero-order chi connectivity index (χ0) is 27.2. The molecule has 7 nitrogen and oxygen atoms in total. The Kier molecular flexibility index (Phi) is 8.65. The second-order valence-corrected chi connectivity index (χ2v) is 12.5. The van der Waals surface area contributed by atoms with Gasteiger partial charge in [0.2, 0.25) is 10.0 Å². The largest absolute Gasteiger partial charge is 0.439 e. The lowest BCUT2D eigenvalue weighted by Gasteiger charge is -2.36. The number of likely N-dealkylation sites (tertiary alicyclic amines) is 1. The molecule has 5 rings (SSSR count). The number of benzene rings is 3. The molecular formula is C31H37N3O4S. The maximum atomic E-state index is 13.2. The summed E-state index contributed by atoms with van der Waals surface area (Å²) in [5.41, 5.74) is 2.19. The van der Waals surface area contributed by atoms with Crippen molar-refractivity contribution in [3.63, 3.8) is 0 Å². The number of ether oxygens (including phenoxy) is 1. The number of hydrogen-bond acceptors (Lipinski definition) is 5. The summed E-state index contributed by atoms with van der Waals surface area (Å²) in [5.74, 6) is 0.0765. The molecule has 3 aromatic carbocycles. The first-order valence-corrected chi connectivity index (χ1v) is 15.2. The lowest BCUT2D eigenvalue weighted by Crippen LogP contribution is -2.45. The van der Waals surface area contributed by atoms with Gasteiger partial charge in [0.1, 0.15) is 6.10 Å². The molecule has 2 saturated heterocycles. The molecule has 3 aromatic rings. The van der Waals surface area contributed by atoms with Crippen LogP contribution >= 0.6 is 0 Å². The van der Waals surface area contributed by atoms with E-state index >= 15 is 0 Å². The average Bonchev–Trinajstić information content (AvgIpc) is 3.38. The van der Waals surface area contributed by atoms with Gasteiger partial charge in [-0.25, -0.2) is 17.5 Å². The highest BCUT2D eigenvalue weighted by Crippen LogP contribution is 2.31. The van der Waals surface area contributed by atoms with E-state index in [1.807, 2.05) is 59.5 Å². The Bertz CT molecular complexity index is 1310. The molecule has 1 amide bonds. The maximum Gasteiger partial charge on any atom is 0.410 e. The molecule has 2 aliphatic heterocycles. The normalized spacial score (nSPS) is 19.8. The Morgan fingerprint density at radius 2 is 1.49 bits per heavy atom. The molecule has 0 aliphatic carbocycles. The van der Waals surface area contributed by atoms with Gasteiger partial charge in [0.05, 0.1) is 11.4 Å². The average molecular weight is 548 g/mol.